The molecule has 3 heteroatoms. The van der Waals surface area contributed by atoms with Crippen LogP contribution < -0.4 is 4.74 Å². The minimum atomic E-state index is 0.210. The zero-order valence-electron chi connectivity index (χ0n) is 8.42. The van der Waals surface area contributed by atoms with Crippen LogP contribution in [0.1, 0.15) is 13.3 Å². The van der Waals surface area contributed by atoms with Crippen molar-refractivity contribution in [2.75, 3.05) is 13.7 Å². The molecule has 1 rings (SSSR count). The Kier molecular flexibility index (Phi) is 4.77. The van der Waals surface area contributed by atoms with Crippen molar-refractivity contribution in [2.24, 2.45) is 0 Å². The Labute approximate surface area is 89.8 Å². The SMILES string of the molecule is COC(C)CCOc1c[c]ccc1Cl. The highest BCUT2D eigenvalue weighted by Gasteiger charge is 2.02. The number of ether oxygens (including phenoxy) is 2. The van der Waals surface area contributed by atoms with Crippen LogP contribution in [0.5, 0.6) is 5.75 Å². The molecule has 0 aliphatic heterocycles. The first-order valence-electron chi connectivity index (χ1n) is 4.55. The second kappa shape index (κ2) is 5.89. The molecule has 0 saturated heterocycles. The molecule has 1 aromatic carbocycles. The van der Waals surface area contributed by atoms with Crippen molar-refractivity contribution in [3.8, 4) is 5.75 Å². The largest absolute Gasteiger partial charge is 0.492 e. The lowest BCUT2D eigenvalue weighted by Crippen LogP contribution is -2.10. The first kappa shape index (κ1) is 11.3. The third-order valence-electron chi connectivity index (χ3n) is 1.96. The van der Waals surface area contributed by atoms with E-state index in [9.17, 15) is 0 Å². The molecule has 14 heavy (non-hydrogen) atoms. The van der Waals surface area contributed by atoms with Gasteiger partial charge in [-0.1, -0.05) is 17.7 Å². The summed E-state index contributed by atoms with van der Waals surface area (Å²) in [5.41, 5.74) is 0. The van der Waals surface area contributed by atoms with Crippen LogP contribution in [0.25, 0.3) is 0 Å². The summed E-state index contributed by atoms with van der Waals surface area (Å²) in [6.07, 6.45) is 1.06. The van der Waals surface area contributed by atoms with E-state index in [-0.39, 0.29) is 6.10 Å². The molecule has 0 spiro atoms. The third kappa shape index (κ3) is 3.56. The second-order valence-corrected chi connectivity index (χ2v) is 3.45. The molecule has 0 aliphatic rings. The van der Waals surface area contributed by atoms with E-state index in [2.05, 4.69) is 6.07 Å². The van der Waals surface area contributed by atoms with E-state index in [1.165, 1.54) is 0 Å². The topological polar surface area (TPSA) is 18.5 Å². The monoisotopic (exact) mass is 213 g/mol. The zero-order chi connectivity index (χ0) is 10.4. The number of hydrogen-bond acceptors (Lipinski definition) is 2. The third-order valence-corrected chi connectivity index (χ3v) is 2.27. The van der Waals surface area contributed by atoms with E-state index < -0.39 is 0 Å². The molecule has 1 radical (unpaired) electrons. The summed E-state index contributed by atoms with van der Waals surface area (Å²) in [7, 11) is 1.69. The lowest BCUT2D eigenvalue weighted by atomic mass is 10.3. The Morgan fingerprint density at radius 1 is 1.57 bits per heavy atom. The number of methoxy groups -OCH3 is 1. The molecule has 1 unspecified atom stereocenters. The van der Waals surface area contributed by atoms with E-state index >= 15 is 0 Å². The maximum Gasteiger partial charge on any atom is 0.138 e. The van der Waals surface area contributed by atoms with Crippen molar-refractivity contribution in [3.05, 3.63) is 29.3 Å². The molecule has 0 amide bonds. The summed E-state index contributed by atoms with van der Waals surface area (Å²) >= 11 is 5.90. The van der Waals surface area contributed by atoms with Gasteiger partial charge in [0.15, 0.2) is 0 Å². The van der Waals surface area contributed by atoms with Gasteiger partial charge in [-0.3, -0.25) is 0 Å². The van der Waals surface area contributed by atoms with E-state index in [0.29, 0.717) is 17.4 Å². The van der Waals surface area contributed by atoms with Gasteiger partial charge < -0.3 is 9.47 Å². The van der Waals surface area contributed by atoms with Gasteiger partial charge in [-0.2, -0.15) is 0 Å². The fourth-order valence-electron chi connectivity index (χ4n) is 0.959. The van der Waals surface area contributed by atoms with Crippen molar-refractivity contribution in [3.63, 3.8) is 0 Å². The van der Waals surface area contributed by atoms with E-state index in [0.717, 1.165) is 6.42 Å². The van der Waals surface area contributed by atoms with Gasteiger partial charge in [0.2, 0.25) is 0 Å². The number of benzene rings is 1. The fraction of sp³-hybridized carbons (Fsp3) is 0.455. The molecule has 0 bridgehead atoms. The predicted molar refractivity (Wildman–Crippen MR) is 56.9 cm³/mol. The number of hydrogen-bond donors (Lipinski definition) is 0. The molecular formula is C11H14ClO2. The molecule has 0 N–H and O–H groups in total. The van der Waals surface area contributed by atoms with Crippen LogP contribution in [0.4, 0.5) is 0 Å². The summed E-state index contributed by atoms with van der Waals surface area (Å²) in [6.45, 7) is 2.61. The Hall–Kier alpha value is -0.730. The first-order valence-corrected chi connectivity index (χ1v) is 4.93. The quantitative estimate of drug-likeness (QED) is 0.749. The summed E-state index contributed by atoms with van der Waals surface area (Å²) in [6, 6.07) is 8.17. The van der Waals surface area contributed by atoms with Crippen molar-refractivity contribution in [1.29, 1.82) is 0 Å². The fourth-order valence-corrected chi connectivity index (χ4v) is 1.13. The summed E-state index contributed by atoms with van der Waals surface area (Å²) in [5, 5.41) is 0.619. The molecule has 0 saturated carbocycles. The molecule has 0 heterocycles. The molecule has 1 aromatic rings. The maximum absolute atomic E-state index is 5.90. The molecule has 0 fully saturated rings. The Balaban J connectivity index is 2.35. The van der Waals surface area contributed by atoms with Gasteiger partial charge in [0, 0.05) is 13.5 Å². The van der Waals surface area contributed by atoms with Gasteiger partial charge in [-0.05, 0) is 25.1 Å². The Morgan fingerprint density at radius 2 is 2.36 bits per heavy atom. The van der Waals surface area contributed by atoms with Gasteiger partial charge in [0.1, 0.15) is 5.75 Å². The predicted octanol–water partition coefficient (Wildman–Crippen LogP) is 2.94. The smallest absolute Gasteiger partial charge is 0.138 e. The van der Waals surface area contributed by atoms with Crippen LogP contribution in [0.2, 0.25) is 5.02 Å². The highest BCUT2D eigenvalue weighted by molar-refractivity contribution is 6.32. The van der Waals surface area contributed by atoms with Gasteiger partial charge in [-0.25, -0.2) is 0 Å². The van der Waals surface area contributed by atoms with Crippen LogP contribution in [0, 0.1) is 6.07 Å². The molecule has 2 nitrogen and oxygen atoms in total. The molecule has 1 atom stereocenters. The van der Waals surface area contributed by atoms with Gasteiger partial charge in [-0.15, -0.1) is 0 Å². The van der Waals surface area contributed by atoms with Crippen LogP contribution in [-0.2, 0) is 4.74 Å². The summed E-state index contributed by atoms with van der Waals surface area (Å²) in [4.78, 5) is 0. The minimum absolute atomic E-state index is 0.210. The number of halogens is 1. The molecular weight excluding hydrogens is 200 g/mol. The second-order valence-electron chi connectivity index (χ2n) is 3.04. The lowest BCUT2D eigenvalue weighted by Gasteiger charge is -2.11. The average molecular weight is 214 g/mol. The molecule has 77 valence electrons. The summed E-state index contributed by atoms with van der Waals surface area (Å²) in [5.74, 6) is 0.678. The van der Waals surface area contributed by atoms with Crippen LogP contribution in [0.15, 0.2) is 18.2 Å². The van der Waals surface area contributed by atoms with Crippen LogP contribution in [0.3, 0.4) is 0 Å². The first-order chi connectivity index (χ1) is 6.74. The zero-order valence-corrected chi connectivity index (χ0v) is 9.17. The van der Waals surface area contributed by atoms with Crippen molar-refractivity contribution < 1.29 is 9.47 Å². The number of rotatable bonds is 5. The average Bonchev–Trinajstić information content (AvgIpc) is 2.20. The Morgan fingerprint density at radius 3 is 3.00 bits per heavy atom. The highest BCUT2D eigenvalue weighted by Crippen LogP contribution is 2.22. The normalized spacial score (nSPS) is 12.5. The van der Waals surface area contributed by atoms with Crippen LogP contribution in [-0.4, -0.2) is 19.8 Å². The molecule has 0 aromatic heterocycles. The summed E-state index contributed by atoms with van der Waals surface area (Å²) < 4.78 is 10.6. The van der Waals surface area contributed by atoms with E-state index in [1.54, 1.807) is 25.3 Å². The molecule has 0 aliphatic carbocycles. The van der Waals surface area contributed by atoms with Crippen molar-refractivity contribution in [1.82, 2.24) is 0 Å². The lowest BCUT2D eigenvalue weighted by molar-refractivity contribution is 0.0956. The standard InChI is InChI=1S/C11H14ClO2/c1-9(13-2)7-8-14-11-6-4-3-5-10(11)12/h3,5-6,9H,7-8H2,1-2H3. The van der Waals surface area contributed by atoms with Gasteiger partial charge in [0.05, 0.1) is 17.7 Å². The van der Waals surface area contributed by atoms with E-state index in [1.807, 2.05) is 6.92 Å². The van der Waals surface area contributed by atoms with Gasteiger partial charge in [0.25, 0.3) is 0 Å². The highest BCUT2D eigenvalue weighted by atomic mass is 35.5. The maximum atomic E-state index is 5.90. The van der Waals surface area contributed by atoms with Gasteiger partial charge >= 0.3 is 0 Å². The Bertz CT molecular complexity index is 276. The van der Waals surface area contributed by atoms with Crippen molar-refractivity contribution in [2.45, 2.75) is 19.4 Å². The van der Waals surface area contributed by atoms with E-state index in [4.69, 9.17) is 21.1 Å². The van der Waals surface area contributed by atoms with Crippen LogP contribution >= 0.6 is 11.6 Å². The minimum Gasteiger partial charge on any atom is -0.492 e. The van der Waals surface area contributed by atoms with Crippen molar-refractivity contribution >= 4 is 11.6 Å².